The van der Waals surface area contributed by atoms with Gasteiger partial charge in [0, 0.05) is 29.5 Å². The fourth-order valence-corrected chi connectivity index (χ4v) is 3.35. The Morgan fingerprint density at radius 3 is 2.54 bits per heavy atom. The van der Waals surface area contributed by atoms with Crippen LogP contribution < -0.4 is 5.32 Å². The lowest BCUT2D eigenvalue weighted by molar-refractivity contribution is -0.134. The van der Waals surface area contributed by atoms with Crippen molar-refractivity contribution in [2.75, 3.05) is 11.9 Å². The van der Waals surface area contributed by atoms with Crippen LogP contribution in [0.25, 0.3) is 11.1 Å². The monoisotopic (exact) mass is 378 g/mol. The van der Waals surface area contributed by atoms with Crippen LogP contribution in [0.3, 0.4) is 0 Å². The zero-order valence-corrected chi connectivity index (χ0v) is 14.8. The van der Waals surface area contributed by atoms with Gasteiger partial charge >= 0.3 is 0 Å². The maximum absolute atomic E-state index is 14.9. The number of nitrogens with one attached hydrogen (secondary N) is 1. The minimum absolute atomic E-state index is 0.0433. The van der Waals surface area contributed by atoms with Crippen molar-refractivity contribution >= 4 is 29.1 Å². The Balaban J connectivity index is 1.87. The topological polar surface area (TPSA) is 49.4 Å². The molecule has 0 unspecified atom stereocenters. The summed E-state index contributed by atoms with van der Waals surface area (Å²) in [5.41, 5.74) is 0.697. The number of hydrogen-bond donors (Lipinski definition) is 1. The summed E-state index contributed by atoms with van der Waals surface area (Å²) in [4.78, 5) is 25.2. The third-order valence-corrected chi connectivity index (χ3v) is 4.71. The summed E-state index contributed by atoms with van der Waals surface area (Å²) in [5.74, 6) is -1.65. The van der Waals surface area contributed by atoms with Gasteiger partial charge in [-0.25, -0.2) is 8.78 Å². The van der Waals surface area contributed by atoms with E-state index in [1.165, 1.54) is 13.0 Å². The highest BCUT2D eigenvalue weighted by Gasteiger charge is 2.38. The summed E-state index contributed by atoms with van der Waals surface area (Å²) < 4.78 is 28.5. The van der Waals surface area contributed by atoms with Gasteiger partial charge in [-0.05, 0) is 12.1 Å². The van der Waals surface area contributed by atoms with E-state index in [0.29, 0.717) is 10.6 Å². The summed E-state index contributed by atoms with van der Waals surface area (Å²) in [5, 5.41) is 2.85. The molecule has 0 aromatic heterocycles. The molecule has 0 aliphatic carbocycles. The summed E-state index contributed by atoms with van der Waals surface area (Å²) >= 11 is 6.12. The lowest BCUT2D eigenvalue weighted by Crippen LogP contribution is -2.42. The van der Waals surface area contributed by atoms with Crippen LogP contribution in [-0.2, 0) is 9.59 Å². The number of halogens is 3. The fourth-order valence-electron chi connectivity index (χ4n) is 3.11. The minimum Gasteiger partial charge on any atom is -0.328 e. The highest BCUT2D eigenvalue weighted by molar-refractivity contribution is 6.33. The van der Waals surface area contributed by atoms with Gasteiger partial charge in [-0.15, -0.1) is 0 Å². The number of likely N-dealkylation sites (tertiary alicyclic amines) is 1. The smallest absolute Gasteiger partial charge is 0.247 e. The summed E-state index contributed by atoms with van der Waals surface area (Å²) in [6.45, 7) is 1.15. The van der Waals surface area contributed by atoms with Crippen molar-refractivity contribution in [3.05, 3.63) is 53.3 Å². The summed E-state index contributed by atoms with van der Waals surface area (Å²) in [6.07, 6.45) is -1.37. The maximum atomic E-state index is 14.9. The molecule has 2 atom stereocenters. The lowest BCUT2D eigenvalue weighted by atomic mass is 10.0. The quantitative estimate of drug-likeness (QED) is 0.876. The van der Waals surface area contributed by atoms with Gasteiger partial charge in [0.1, 0.15) is 12.2 Å². The number of alkyl halides is 1. The second-order valence-electron chi connectivity index (χ2n) is 6.16. The number of nitrogens with zero attached hydrogens (tertiary/aromatic N) is 1. The average molecular weight is 379 g/mol. The van der Waals surface area contributed by atoms with E-state index in [1.54, 1.807) is 36.4 Å². The SMILES string of the molecule is CC(=O)N1C[C@H](F)C[C@H]1C(=O)Nc1cccc(-c2ccccc2Cl)c1F. The van der Waals surface area contributed by atoms with Crippen LogP contribution in [0.2, 0.25) is 5.02 Å². The van der Waals surface area contributed by atoms with Crippen molar-refractivity contribution in [2.24, 2.45) is 0 Å². The Labute approximate surface area is 154 Å². The van der Waals surface area contributed by atoms with Crippen molar-refractivity contribution in [3.8, 4) is 11.1 Å². The van der Waals surface area contributed by atoms with E-state index in [9.17, 15) is 18.4 Å². The Bertz CT molecular complexity index is 859. The Morgan fingerprint density at radius 1 is 1.15 bits per heavy atom. The van der Waals surface area contributed by atoms with Gasteiger partial charge in [-0.1, -0.05) is 41.9 Å². The number of hydrogen-bond acceptors (Lipinski definition) is 2. The molecule has 1 saturated heterocycles. The molecule has 0 radical (unpaired) electrons. The molecule has 0 spiro atoms. The first-order valence-corrected chi connectivity index (χ1v) is 8.52. The number of carbonyl (C=O) groups excluding carboxylic acids is 2. The molecule has 136 valence electrons. The van der Waals surface area contributed by atoms with Crippen molar-refractivity contribution in [1.82, 2.24) is 4.90 Å². The molecule has 2 aromatic rings. The van der Waals surface area contributed by atoms with Crippen LogP contribution in [0.4, 0.5) is 14.5 Å². The van der Waals surface area contributed by atoms with Crippen LogP contribution in [0, 0.1) is 5.82 Å². The Hall–Kier alpha value is -2.47. The Morgan fingerprint density at radius 2 is 1.85 bits per heavy atom. The van der Waals surface area contributed by atoms with Gasteiger partial charge in [0.2, 0.25) is 11.8 Å². The van der Waals surface area contributed by atoms with Gasteiger partial charge < -0.3 is 10.2 Å². The number of benzene rings is 2. The van der Waals surface area contributed by atoms with E-state index in [0.717, 1.165) is 4.90 Å². The fraction of sp³-hybridized carbons (Fsp3) is 0.263. The van der Waals surface area contributed by atoms with Crippen LogP contribution >= 0.6 is 11.6 Å². The van der Waals surface area contributed by atoms with Gasteiger partial charge in [0.15, 0.2) is 5.82 Å². The second kappa shape index (κ2) is 7.41. The standard InChI is InChI=1S/C19H17ClF2N2O2/c1-11(25)24-10-12(21)9-17(24)19(26)23-16-8-4-6-14(18(16)22)13-5-2-3-7-15(13)20/h2-8,12,17H,9-10H2,1H3,(H,23,26)/t12-,17+/m1/s1. The van der Waals surface area contributed by atoms with Crippen molar-refractivity contribution < 1.29 is 18.4 Å². The van der Waals surface area contributed by atoms with E-state index in [-0.39, 0.29) is 24.2 Å². The largest absolute Gasteiger partial charge is 0.328 e. The van der Waals surface area contributed by atoms with E-state index >= 15 is 0 Å². The van der Waals surface area contributed by atoms with Crippen molar-refractivity contribution in [2.45, 2.75) is 25.6 Å². The highest BCUT2D eigenvalue weighted by atomic mass is 35.5. The molecule has 0 bridgehead atoms. The van der Waals surface area contributed by atoms with E-state index in [1.807, 2.05) is 0 Å². The Kier molecular flexibility index (Phi) is 5.23. The highest BCUT2D eigenvalue weighted by Crippen LogP contribution is 2.33. The van der Waals surface area contributed by atoms with Gasteiger partial charge in [-0.3, -0.25) is 9.59 Å². The summed E-state index contributed by atoms with van der Waals surface area (Å²) in [6, 6.07) is 10.4. The zero-order valence-electron chi connectivity index (χ0n) is 14.0. The molecule has 1 heterocycles. The van der Waals surface area contributed by atoms with Crippen molar-refractivity contribution in [1.29, 1.82) is 0 Å². The molecule has 4 nitrogen and oxygen atoms in total. The van der Waals surface area contributed by atoms with E-state index in [2.05, 4.69) is 5.32 Å². The summed E-state index contributed by atoms with van der Waals surface area (Å²) in [7, 11) is 0. The number of carbonyl (C=O) groups is 2. The molecule has 1 fully saturated rings. The first kappa shape index (κ1) is 18.3. The number of rotatable bonds is 3. The molecular weight excluding hydrogens is 362 g/mol. The third-order valence-electron chi connectivity index (χ3n) is 4.38. The minimum atomic E-state index is -1.27. The maximum Gasteiger partial charge on any atom is 0.247 e. The normalized spacial score (nSPS) is 19.5. The number of amides is 2. The molecule has 2 aromatic carbocycles. The average Bonchev–Trinajstić information content (AvgIpc) is 3.00. The molecule has 26 heavy (non-hydrogen) atoms. The van der Waals surface area contributed by atoms with E-state index < -0.39 is 29.8 Å². The predicted molar refractivity (Wildman–Crippen MR) is 96.2 cm³/mol. The van der Waals surface area contributed by atoms with Gasteiger partial charge in [-0.2, -0.15) is 0 Å². The molecule has 3 rings (SSSR count). The predicted octanol–water partition coefficient (Wildman–Crippen LogP) is 4.04. The molecule has 2 amide bonds. The number of anilines is 1. The van der Waals surface area contributed by atoms with Crippen LogP contribution in [0.15, 0.2) is 42.5 Å². The molecule has 0 saturated carbocycles. The van der Waals surface area contributed by atoms with Gasteiger partial charge in [0.05, 0.1) is 12.2 Å². The molecule has 1 aliphatic heterocycles. The molecule has 1 N–H and O–H groups in total. The van der Waals surface area contributed by atoms with Crippen molar-refractivity contribution in [3.63, 3.8) is 0 Å². The zero-order chi connectivity index (χ0) is 18.8. The van der Waals surface area contributed by atoms with Gasteiger partial charge in [0.25, 0.3) is 0 Å². The first-order chi connectivity index (χ1) is 12.4. The third kappa shape index (κ3) is 3.55. The van der Waals surface area contributed by atoms with Crippen LogP contribution in [0.5, 0.6) is 0 Å². The molecular formula is C19H17ClF2N2O2. The lowest BCUT2D eigenvalue weighted by Gasteiger charge is -2.22. The van der Waals surface area contributed by atoms with Crippen LogP contribution in [0.1, 0.15) is 13.3 Å². The van der Waals surface area contributed by atoms with E-state index in [4.69, 9.17) is 11.6 Å². The molecule has 1 aliphatic rings. The van der Waals surface area contributed by atoms with Crippen LogP contribution in [-0.4, -0.2) is 35.5 Å². The first-order valence-electron chi connectivity index (χ1n) is 8.14. The molecule has 7 heteroatoms. The second-order valence-corrected chi connectivity index (χ2v) is 6.56.